The molecule has 4 heterocycles. The van der Waals surface area contributed by atoms with Gasteiger partial charge in [-0.3, -0.25) is 4.84 Å². The van der Waals surface area contributed by atoms with Crippen LogP contribution in [-0.4, -0.2) is 89.4 Å². The maximum absolute atomic E-state index is 12.6. The summed E-state index contributed by atoms with van der Waals surface area (Å²) < 4.78 is 6.30. The van der Waals surface area contributed by atoms with Crippen molar-refractivity contribution >= 4 is 33.5 Å². The largest absolute Gasteiger partial charge is 0.508 e. The van der Waals surface area contributed by atoms with Crippen molar-refractivity contribution < 1.29 is 19.5 Å². The van der Waals surface area contributed by atoms with Gasteiger partial charge in [0.25, 0.3) is 0 Å². The molecule has 3 aliphatic rings. The quantitative estimate of drug-likeness (QED) is 0.327. The Kier molecular flexibility index (Phi) is 6.95. The molecule has 2 N–H and O–H groups in total. The normalized spacial score (nSPS) is 22.3. The van der Waals surface area contributed by atoms with Crippen molar-refractivity contribution in [2.24, 2.45) is 0 Å². The molecule has 3 saturated heterocycles. The van der Waals surface area contributed by atoms with Crippen LogP contribution >= 0.6 is 0 Å². The van der Waals surface area contributed by atoms with Crippen LogP contribution in [0.5, 0.6) is 11.8 Å². The summed E-state index contributed by atoms with van der Waals surface area (Å²) in [6, 6.07) is 18.7. The van der Waals surface area contributed by atoms with Gasteiger partial charge in [0.05, 0.1) is 12.6 Å². The first-order valence-electron chi connectivity index (χ1n) is 14.7. The van der Waals surface area contributed by atoms with Crippen LogP contribution in [0.1, 0.15) is 25.7 Å². The molecule has 3 fully saturated rings. The minimum absolute atomic E-state index is 0.132. The van der Waals surface area contributed by atoms with E-state index in [2.05, 4.69) is 46.6 Å². The fraction of sp³-hybridized carbons (Fsp3) is 0.406. The third-order valence-corrected chi connectivity index (χ3v) is 9.09. The maximum Gasteiger partial charge on any atom is 0.341 e. The number of nitrogens with one attached hydrogen (secondary N) is 1. The number of rotatable bonds is 6. The summed E-state index contributed by atoms with van der Waals surface area (Å²) in [7, 11) is 3.59. The maximum atomic E-state index is 12.6. The van der Waals surface area contributed by atoms with Gasteiger partial charge in [0.2, 0.25) is 0 Å². The first-order valence-corrected chi connectivity index (χ1v) is 14.7. The first kappa shape index (κ1) is 26.7. The highest BCUT2D eigenvalue weighted by Gasteiger charge is 2.43. The molecular weight excluding hydrogens is 532 g/mol. The number of amides is 2. The monoisotopic (exact) mass is 568 g/mol. The van der Waals surface area contributed by atoms with Crippen molar-refractivity contribution in [2.45, 2.75) is 43.8 Å². The molecule has 10 nitrogen and oxygen atoms in total. The van der Waals surface area contributed by atoms with Crippen molar-refractivity contribution in [3.63, 3.8) is 0 Å². The van der Waals surface area contributed by atoms with Crippen LogP contribution in [0, 0.1) is 0 Å². The minimum atomic E-state index is -0.214. The highest BCUT2D eigenvalue weighted by atomic mass is 16.6. The molecule has 0 radical (unpaired) electrons. The number of piperazine rings is 1. The van der Waals surface area contributed by atoms with Crippen LogP contribution in [-0.2, 0) is 4.84 Å². The van der Waals surface area contributed by atoms with E-state index in [0.717, 1.165) is 64.4 Å². The van der Waals surface area contributed by atoms with E-state index in [0.29, 0.717) is 31.7 Å². The van der Waals surface area contributed by atoms with E-state index in [1.54, 1.807) is 6.07 Å². The lowest BCUT2D eigenvalue weighted by molar-refractivity contribution is 0.0823. The van der Waals surface area contributed by atoms with Crippen LogP contribution in [0.15, 0.2) is 54.6 Å². The van der Waals surface area contributed by atoms with E-state index in [-0.39, 0.29) is 23.9 Å². The van der Waals surface area contributed by atoms with Crippen molar-refractivity contribution in [1.29, 1.82) is 0 Å². The standard InChI is InChI=1S/C32H36N6O4/c1-36-13-5-7-24(36)19-42-31-33-29-15-21(28-16-25(39)14-20-6-3-4-8-26(20)28)9-12-27(29)30(34-31)38-22-10-11-23(38)18-37(17-22)32(40)35-41-2/h3-4,6,8-9,12,14-16,22-24,39H,5,7,10-11,13,17-19H2,1-2H3,(H,35,40)/t22-,23+,24-/m0/s1. The number of likely N-dealkylation sites (N-methyl/N-ethyl adjacent to an activating group) is 1. The Bertz CT molecular complexity index is 1630. The van der Waals surface area contributed by atoms with Crippen molar-refractivity contribution in [1.82, 2.24) is 25.2 Å². The molecule has 3 atom stereocenters. The Hall–Kier alpha value is -4.15. The number of urea groups is 1. The molecule has 0 spiro atoms. The molecule has 218 valence electrons. The van der Waals surface area contributed by atoms with Crippen LogP contribution in [0.3, 0.4) is 0 Å². The second-order valence-corrected chi connectivity index (χ2v) is 11.7. The average Bonchev–Trinajstić information content (AvgIpc) is 3.52. The number of carbonyl (C=O) groups is 1. The number of phenols is 1. The second kappa shape index (κ2) is 10.9. The summed E-state index contributed by atoms with van der Waals surface area (Å²) in [5, 5.41) is 13.5. The van der Waals surface area contributed by atoms with Gasteiger partial charge in [0.1, 0.15) is 18.2 Å². The fourth-order valence-corrected chi connectivity index (χ4v) is 6.98. The minimum Gasteiger partial charge on any atom is -0.508 e. The summed E-state index contributed by atoms with van der Waals surface area (Å²) in [6.07, 6.45) is 4.22. The number of phenolic OH excluding ortho intramolecular Hbond substituents is 1. The van der Waals surface area contributed by atoms with Crippen molar-refractivity contribution in [3.8, 4) is 22.9 Å². The number of benzene rings is 3. The van der Waals surface area contributed by atoms with Gasteiger partial charge in [-0.1, -0.05) is 30.3 Å². The smallest absolute Gasteiger partial charge is 0.341 e. The number of hydrogen-bond donors (Lipinski definition) is 2. The molecule has 4 aromatic rings. The summed E-state index contributed by atoms with van der Waals surface area (Å²) in [5.74, 6) is 1.07. The summed E-state index contributed by atoms with van der Waals surface area (Å²) >= 11 is 0. The number of hydroxylamine groups is 1. The summed E-state index contributed by atoms with van der Waals surface area (Å²) in [5.41, 5.74) is 5.16. The Morgan fingerprint density at radius 3 is 2.60 bits per heavy atom. The highest BCUT2D eigenvalue weighted by Crippen LogP contribution is 2.40. The highest BCUT2D eigenvalue weighted by molar-refractivity contribution is 6.01. The second-order valence-electron chi connectivity index (χ2n) is 11.7. The first-order chi connectivity index (χ1) is 20.5. The van der Waals surface area contributed by atoms with Gasteiger partial charge in [0, 0.05) is 36.6 Å². The van der Waals surface area contributed by atoms with Crippen molar-refractivity contribution in [2.75, 3.05) is 45.3 Å². The lowest BCUT2D eigenvalue weighted by Crippen LogP contribution is -2.57. The Morgan fingerprint density at radius 1 is 1.02 bits per heavy atom. The van der Waals surface area contributed by atoms with E-state index in [1.165, 1.54) is 13.5 Å². The zero-order chi connectivity index (χ0) is 28.8. The summed E-state index contributed by atoms with van der Waals surface area (Å²) in [6.45, 7) is 2.79. The van der Waals surface area contributed by atoms with Gasteiger partial charge >= 0.3 is 12.0 Å². The Labute approximate surface area is 244 Å². The van der Waals surface area contributed by atoms with Gasteiger partial charge in [-0.05, 0) is 85.4 Å². The van der Waals surface area contributed by atoms with Gasteiger partial charge in [0.15, 0.2) is 0 Å². The molecule has 7 rings (SSSR count). The summed E-state index contributed by atoms with van der Waals surface area (Å²) in [4.78, 5) is 33.9. The van der Waals surface area contributed by atoms with Crippen LogP contribution in [0.4, 0.5) is 10.6 Å². The van der Waals surface area contributed by atoms with Gasteiger partial charge in [-0.25, -0.2) is 10.3 Å². The Balaban J connectivity index is 1.30. The lowest BCUT2D eigenvalue weighted by Gasteiger charge is -2.41. The van der Waals surface area contributed by atoms with Crippen LogP contribution < -0.4 is 15.1 Å². The van der Waals surface area contributed by atoms with Crippen LogP contribution in [0.2, 0.25) is 0 Å². The molecule has 42 heavy (non-hydrogen) atoms. The van der Waals surface area contributed by atoms with E-state index in [4.69, 9.17) is 19.5 Å². The van der Waals surface area contributed by atoms with E-state index in [9.17, 15) is 9.90 Å². The molecule has 2 amide bonds. The average molecular weight is 569 g/mol. The Morgan fingerprint density at radius 2 is 1.83 bits per heavy atom. The van der Waals surface area contributed by atoms with Crippen molar-refractivity contribution in [3.05, 3.63) is 54.6 Å². The number of anilines is 1. The number of carbonyl (C=O) groups excluding carboxylic acids is 1. The number of ether oxygens (including phenoxy) is 1. The third kappa shape index (κ3) is 4.84. The molecule has 0 unspecified atom stereocenters. The molecule has 2 bridgehead atoms. The van der Waals surface area contributed by atoms with Gasteiger partial charge in [-0.2, -0.15) is 9.97 Å². The zero-order valence-corrected chi connectivity index (χ0v) is 24.0. The SMILES string of the molecule is CONC(=O)N1C[C@H]2CC[C@@H](C1)N2c1nc(OC[C@@H]2CCCN2C)nc2cc(-c3cc(O)cc4ccccc34)ccc12. The number of aromatic nitrogens is 2. The zero-order valence-electron chi connectivity index (χ0n) is 24.0. The predicted molar refractivity (Wildman–Crippen MR) is 162 cm³/mol. The number of fused-ring (bicyclic) bond motifs is 4. The number of likely N-dealkylation sites (tertiary alicyclic amines) is 2. The van der Waals surface area contributed by atoms with E-state index >= 15 is 0 Å². The van der Waals surface area contributed by atoms with Gasteiger partial charge in [-0.15, -0.1) is 0 Å². The van der Waals surface area contributed by atoms with Gasteiger partial charge < -0.3 is 24.5 Å². The molecule has 3 aromatic carbocycles. The topological polar surface area (TPSA) is 103 Å². The molecule has 3 aliphatic heterocycles. The van der Waals surface area contributed by atoms with Crippen LogP contribution in [0.25, 0.3) is 32.8 Å². The number of hydrogen-bond acceptors (Lipinski definition) is 8. The van der Waals surface area contributed by atoms with E-state index < -0.39 is 0 Å². The van der Waals surface area contributed by atoms with E-state index in [1.807, 2.05) is 29.2 Å². The third-order valence-electron chi connectivity index (χ3n) is 9.09. The molecule has 10 heteroatoms. The molecule has 0 saturated carbocycles. The molecular formula is C32H36N6O4. The lowest BCUT2D eigenvalue weighted by atomic mass is 9.97. The fourth-order valence-electron chi connectivity index (χ4n) is 6.98. The molecule has 1 aromatic heterocycles. The molecule has 0 aliphatic carbocycles. The number of aromatic hydroxyl groups is 1. The predicted octanol–water partition coefficient (Wildman–Crippen LogP) is 4.55. The number of nitrogens with zero attached hydrogens (tertiary/aromatic N) is 5.